The van der Waals surface area contributed by atoms with E-state index in [1.165, 1.54) is 6.07 Å². The van der Waals surface area contributed by atoms with Gasteiger partial charge in [0.1, 0.15) is 5.82 Å². The monoisotopic (exact) mass is 375 g/mol. The molecule has 0 amide bonds. The van der Waals surface area contributed by atoms with E-state index in [1.54, 1.807) is 17.4 Å². The van der Waals surface area contributed by atoms with Gasteiger partial charge in [0.15, 0.2) is 5.96 Å². The highest BCUT2D eigenvalue weighted by atomic mass is 32.1. The number of aryl methyl sites for hydroxylation is 1. The van der Waals surface area contributed by atoms with Gasteiger partial charge in [-0.05, 0) is 25.5 Å². The van der Waals surface area contributed by atoms with Crippen LogP contribution in [0.4, 0.5) is 10.1 Å². The number of rotatable bonds is 5. The molecule has 140 valence electrons. The van der Waals surface area contributed by atoms with Crippen LogP contribution in [-0.2, 0) is 13.0 Å². The quantitative estimate of drug-likeness (QED) is 0.644. The van der Waals surface area contributed by atoms with Crippen molar-refractivity contribution in [3.8, 4) is 0 Å². The van der Waals surface area contributed by atoms with Gasteiger partial charge in [0.2, 0.25) is 0 Å². The van der Waals surface area contributed by atoms with Gasteiger partial charge in [0, 0.05) is 38.1 Å². The average Bonchev–Trinajstić information content (AvgIpc) is 3.14. The molecular weight excluding hydrogens is 349 g/mol. The van der Waals surface area contributed by atoms with Crippen LogP contribution in [0.15, 0.2) is 34.6 Å². The predicted molar refractivity (Wildman–Crippen MR) is 106 cm³/mol. The maximum atomic E-state index is 14.0. The Balaban J connectivity index is 1.62. The smallest absolute Gasteiger partial charge is 0.194 e. The SMILES string of the molecule is CCNC(=NCc1csc(CC)n1)N1CCN(c2ccccc2F)CC1. The number of nitrogens with zero attached hydrogens (tertiary/aromatic N) is 4. The molecule has 0 saturated carbocycles. The summed E-state index contributed by atoms with van der Waals surface area (Å²) in [7, 11) is 0. The summed E-state index contributed by atoms with van der Waals surface area (Å²) >= 11 is 1.69. The van der Waals surface area contributed by atoms with Crippen LogP contribution >= 0.6 is 11.3 Å². The average molecular weight is 376 g/mol. The number of aromatic nitrogens is 1. The van der Waals surface area contributed by atoms with Crippen LogP contribution in [0.1, 0.15) is 24.5 Å². The second-order valence-corrected chi connectivity index (χ2v) is 7.12. The summed E-state index contributed by atoms with van der Waals surface area (Å²) in [5, 5.41) is 6.61. The number of thiazole rings is 1. The van der Waals surface area contributed by atoms with Crippen LogP contribution in [0.5, 0.6) is 0 Å². The number of piperazine rings is 1. The van der Waals surface area contributed by atoms with E-state index < -0.39 is 0 Å². The van der Waals surface area contributed by atoms with Crippen molar-refractivity contribution < 1.29 is 4.39 Å². The summed E-state index contributed by atoms with van der Waals surface area (Å²) in [5.41, 5.74) is 1.70. The van der Waals surface area contributed by atoms with Crippen molar-refractivity contribution in [3.63, 3.8) is 0 Å². The Morgan fingerprint density at radius 3 is 2.65 bits per heavy atom. The third-order valence-corrected chi connectivity index (χ3v) is 5.44. The molecule has 1 aromatic carbocycles. The number of benzene rings is 1. The van der Waals surface area contributed by atoms with E-state index >= 15 is 0 Å². The molecule has 0 radical (unpaired) electrons. The van der Waals surface area contributed by atoms with Gasteiger partial charge in [-0.2, -0.15) is 0 Å². The van der Waals surface area contributed by atoms with E-state index in [0.29, 0.717) is 12.2 Å². The van der Waals surface area contributed by atoms with Crippen molar-refractivity contribution >= 4 is 23.0 Å². The lowest BCUT2D eigenvalue weighted by Crippen LogP contribution is -2.52. The van der Waals surface area contributed by atoms with Gasteiger partial charge in [-0.1, -0.05) is 19.1 Å². The molecule has 1 fully saturated rings. The lowest BCUT2D eigenvalue weighted by atomic mass is 10.2. The predicted octanol–water partition coefficient (Wildman–Crippen LogP) is 3.13. The Morgan fingerprint density at radius 2 is 2.00 bits per heavy atom. The summed E-state index contributed by atoms with van der Waals surface area (Å²) in [4.78, 5) is 13.7. The van der Waals surface area contributed by atoms with Crippen molar-refractivity contribution in [3.05, 3.63) is 46.2 Å². The Kier molecular flexibility index (Phi) is 6.44. The molecule has 2 aromatic rings. The highest BCUT2D eigenvalue weighted by Crippen LogP contribution is 2.20. The van der Waals surface area contributed by atoms with Crippen LogP contribution in [-0.4, -0.2) is 48.6 Å². The van der Waals surface area contributed by atoms with E-state index in [-0.39, 0.29) is 5.82 Å². The van der Waals surface area contributed by atoms with Crippen LogP contribution in [0.25, 0.3) is 0 Å². The summed E-state index contributed by atoms with van der Waals surface area (Å²) in [6.45, 7) is 8.79. The molecule has 0 aliphatic carbocycles. The van der Waals surface area contributed by atoms with Gasteiger partial charge in [-0.15, -0.1) is 11.3 Å². The maximum absolute atomic E-state index is 14.0. The summed E-state index contributed by atoms with van der Waals surface area (Å²) in [6.07, 6.45) is 0.965. The van der Waals surface area contributed by atoms with Crippen LogP contribution in [0.2, 0.25) is 0 Å². The topological polar surface area (TPSA) is 43.8 Å². The molecule has 1 saturated heterocycles. The van der Waals surface area contributed by atoms with Crippen molar-refractivity contribution in [2.75, 3.05) is 37.6 Å². The van der Waals surface area contributed by atoms with Gasteiger partial charge in [-0.3, -0.25) is 0 Å². The Hall–Kier alpha value is -2.15. The molecule has 0 spiro atoms. The molecule has 0 unspecified atom stereocenters. The number of halogens is 1. The molecule has 2 heterocycles. The molecular formula is C19H26FN5S. The summed E-state index contributed by atoms with van der Waals surface area (Å²) in [5.74, 6) is 0.753. The van der Waals surface area contributed by atoms with Crippen LogP contribution in [0, 0.1) is 5.82 Å². The summed E-state index contributed by atoms with van der Waals surface area (Å²) < 4.78 is 14.0. The van der Waals surface area contributed by atoms with E-state index in [1.807, 2.05) is 12.1 Å². The lowest BCUT2D eigenvalue weighted by Gasteiger charge is -2.37. The maximum Gasteiger partial charge on any atom is 0.194 e. The van der Waals surface area contributed by atoms with E-state index in [0.717, 1.165) is 55.8 Å². The Morgan fingerprint density at radius 1 is 1.23 bits per heavy atom. The molecule has 1 N–H and O–H groups in total. The zero-order valence-electron chi connectivity index (χ0n) is 15.4. The van der Waals surface area contributed by atoms with Crippen molar-refractivity contribution in [1.82, 2.24) is 15.2 Å². The fraction of sp³-hybridized carbons (Fsp3) is 0.474. The van der Waals surface area contributed by atoms with E-state index in [9.17, 15) is 4.39 Å². The summed E-state index contributed by atoms with van der Waals surface area (Å²) in [6, 6.07) is 6.98. The van der Waals surface area contributed by atoms with Gasteiger partial charge in [0.05, 0.1) is 22.9 Å². The third-order valence-electron chi connectivity index (χ3n) is 4.40. The van der Waals surface area contributed by atoms with Crippen LogP contribution in [0.3, 0.4) is 0 Å². The molecule has 7 heteroatoms. The normalized spacial score (nSPS) is 15.4. The Labute approximate surface area is 158 Å². The van der Waals surface area contributed by atoms with Crippen molar-refractivity contribution in [2.24, 2.45) is 4.99 Å². The number of anilines is 1. The van der Waals surface area contributed by atoms with Gasteiger partial charge >= 0.3 is 0 Å². The third kappa shape index (κ3) is 4.52. The first-order chi connectivity index (χ1) is 12.7. The van der Waals surface area contributed by atoms with Crippen molar-refractivity contribution in [2.45, 2.75) is 26.8 Å². The van der Waals surface area contributed by atoms with E-state index in [2.05, 4.69) is 39.3 Å². The first kappa shape index (κ1) is 18.6. The lowest BCUT2D eigenvalue weighted by molar-refractivity contribution is 0.370. The van der Waals surface area contributed by atoms with Crippen molar-refractivity contribution in [1.29, 1.82) is 0 Å². The number of guanidine groups is 1. The second-order valence-electron chi connectivity index (χ2n) is 6.18. The molecule has 0 atom stereocenters. The Bertz CT molecular complexity index is 737. The number of hydrogen-bond donors (Lipinski definition) is 1. The number of hydrogen-bond acceptors (Lipinski definition) is 4. The molecule has 26 heavy (non-hydrogen) atoms. The molecule has 3 rings (SSSR count). The van der Waals surface area contributed by atoms with Gasteiger partial charge in [-0.25, -0.2) is 14.4 Å². The van der Waals surface area contributed by atoms with Gasteiger partial charge < -0.3 is 15.1 Å². The highest BCUT2D eigenvalue weighted by Gasteiger charge is 2.21. The minimum absolute atomic E-state index is 0.156. The minimum Gasteiger partial charge on any atom is -0.366 e. The van der Waals surface area contributed by atoms with Gasteiger partial charge in [0.25, 0.3) is 0 Å². The largest absolute Gasteiger partial charge is 0.366 e. The number of para-hydroxylation sites is 1. The molecule has 1 aliphatic rings. The highest BCUT2D eigenvalue weighted by molar-refractivity contribution is 7.09. The number of aliphatic imine (C=N–C) groups is 1. The fourth-order valence-corrected chi connectivity index (χ4v) is 3.77. The zero-order chi connectivity index (χ0) is 18.4. The van der Waals surface area contributed by atoms with E-state index in [4.69, 9.17) is 4.99 Å². The standard InChI is InChI=1S/C19H26FN5S/c1-3-18-23-15(14-26-18)13-22-19(21-4-2)25-11-9-24(10-12-25)17-8-6-5-7-16(17)20/h5-8,14H,3-4,9-13H2,1-2H3,(H,21,22). The first-order valence-corrected chi connectivity index (χ1v) is 10.0. The number of nitrogens with one attached hydrogen (secondary N) is 1. The molecule has 0 bridgehead atoms. The second kappa shape index (κ2) is 8.98. The van der Waals surface area contributed by atoms with Crippen LogP contribution < -0.4 is 10.2 Å². The minimum atomic E-state index is -0.156. The molecule has 1 aliphatic heterocycles. The molecule has 5 nitrogen and oxygen atoms in total. The molecule has 1 aromatic heterocycles. The zero-order valence-corrected chi connectivity index (χ0v) is 16.2. The first-order valence-electron chi connectivity index (χ1n) is 9.17. The fourth-order valence-electron chi connectivity index (χ4n) is 3.03.